The van der Waals surface area contributed by atoms with Crippen LogP contribution in [-0.2, 0) is 20.0 Å². The number of aryl methyl sites for hydroxylation is 2. The molecule has 0 spiro atoms. The first-order chi connectivity index (χ1) is 14.2. The van der Waals surface area contributed by atoms with Gasteiger partial charge in [-0.25, -0.2) is 0 Å². The highest BCUT2D eigenvalue weighted by atomic mass is 19.4. The highest BCUT2D eigenvalue weighted by molar-refractivity contribution is 5.92. The van der Waals surface area contributed by atoms with Crippen LogP contribution < -0.4 is 14.8 Å². The normalized spacial score (nSPS) is 11.2. The molecule has 3 aromatic rings. The van der Waals surface area contributed by atoms with Crippen LogP contribution in [0.15, 0.2) is 54.6 Å². The molecule has 1 amide bonds. The Balaban J connectivity index is 1.58. The van der Waals surface area contributed by atoms with Gasteiger partial charge in [-0.2, -0.15) is 5.10 Å². The Morgan fingerprint density at radius 1 is 1.07 bits per heavy atom. The van der Waals surface area contributed by atoms with E-state index in [4.69, 9.17) is 4.74 Å². The van der Waals surface area contributed by atoms with Crippen molar-refractivity contribution in [3.63, 3.8) is 0 Å². The van der Waals surface area contributed by atoms with Crippen LogP contribution in [0.4, 0.5) is 13.2 Å². The van der Waals surface area contributed by atoms with Gasteiger partial charge in [-0.3, -0.25) is 9.48 Å². The summed E-state index contributed by atoms with van der Waals surface area (Å²) in [5, 5.41) is 7.08. The topological polar surface area (TPSA) is 65.4 Å². The van der Waals surface area contributed by atoms with Gasteiger partial charge in [-0.1, -0.05) is 25.1 Å². The van der Waals surface area contributed by atoms with Crippen LogP contribution in [0.2, 0.25) is 0 Å². The van der Waals surface area contributed by atoms with E-state index < -0.39 is 6.36 Å². The fourth-order valence-corrected chi connectivity index (χ4v) is 2.73. The van der Waals surface area contributed by atoms with E-state index >= 15 is 0 Å². The molecule has 1 aromatic heterocycles. The van der Waals surface area contributed by atoms with Crippen molar-refractivity contribution in [1.29, 1.82) is 0 Å². The first kappa shape index (κ1) is 21.2. The van der Waals surface area contributed by atoms with Gasteiger partial charge >= 0.3 is 6.36 Å². The van der Waals surface area contributed by atoms with Crippen molar-refractivity contribution in [1.82, 2.24) is 15.1 Å². The number of ether oxygens (including phenoxy) is 2. The lowest BCUT2D eigenvalue weighted by atomic mass is 10.2. The summed E-state index contributed by atoms with van der Waals surface area (Å²) < 4.78 is 48.0. The number of carbonyl (C=O) groups excluding carboxylic acids is 1. The molecule has 0 radical (unpaired) electrons. The Morgan fingerprint density at radius 2 is 1.77 bits per heavy atom. The zero-order chi connectivity index (χ0) is 21.7. The molecule has 9 heteroatoms. The minimum Gasteiger partial charge on any atom is -0.457 e. The monoisotopic (exact) mass is 419 g/mol. The molecule has 0 saturated heterocycles. The lowest BCUT2D eigenvalue weighted by Crippen LogP contribution is -2.25. The van der Waals surface area contributed by atoms with Crippen LogP contribution in [0.5, 0.6) is 17.2 Å². The van der Waals surface area contributed by atoms with Crippen molar-refractivity contribution in [2.24, 2.45) is 7.05 Å². The van der Waals surface area contributed by atoms with Gasteiger partial charge in [0.2, 0.25) is 0 Å². The maximum Gasteiger partial charge on any atom is 0.573 e. The van der Waals surface area contributed by atoms with Gasteiger partial charge in [-0.05, 0) is 42.3 Å². The van der Waals surface area contributed by atoms with E-state index in [1.165, 1.54) is 18.2 Å². The van der Waals surface area contributed by atoms with Crippen LogP contribution >= 0.6 is 0 Å². The summed E-state index contributed by atoms with van der Waals surface area (Å²) in [6, 6.07) is 13.9. The standard InChI is InChI=1S/C21H20F3N3O3/c1-3-15-11-19(27(2)26-15)20(28)25-13-14-7-9-16(10-8-14)29-17-5-4-6-18(12-17)30-21(22,23)24/h4-12H,3,13H2,1-2H3,(H,25,28). The molecule has 2 aromatic carbocycles. The molecule has 0 unspecified atom stereocenters. The van der Waals surface area contributed by atoms with Gasteiger partial charge in [0.25, 0.3) is 5.91 Å². The second kappa shape index (κ2) is 8.89. The largest absolute Gasteiger partial charge is 0.573 e. The number of nitrogens with zero attached hydrogens (tertiary/aromatic N) is 2. The molecule has 1 N–H and O–H groups in total. The molecule has 0 aliphatic rings. The number of hydrogen-bond donors (Lipinski definition) is 1. The zero-order valence-electron chi connectivity index (χ0n) is 16.4. The van der Waals surface area contributed by atoms with Crippen molar-refractivity contribution in [2.75, 3.05) is 0 Å². The average molecular weight is 419 g/mol. The summed E-state index contributed by atoms with van der Waals surface area (Å²) >= 11 is 0. The number of carbonyl (C=O) groups is 1. The van der Waals surface area contributed by atoms with Gasteiger partial charge in [0.15, 0.2) is 0 Å². The molecule has 158 valence electrons. The number of aromatic nitrogens is 2. The highest BCUT2D eigenvalue weighted by Crippen LogP contribution is 2.29. The number of alkyl halides is 3. The number of nitrogens with one attached hydrogen (secondary N) is 1. The Bertz CT molecular complexity index is 1010. The summed E-state index contributed by atoms with van der Waals surface area (Å²) in [7, 11) is 1.72. The number of hydrogen-bond acceptors (Lipinski definition) is 4. The molecular weight excluding hydrogens is 399 g/mol. The molecule has 0 atom stereocenters. The predicted octanol–water partition coefficient (Wildman–Crippen LogP) is 4.60. The molecule has 1 heterocycles. The van der Waals surface area contributed by atoms with Gasteiger partial charge in [0.1, 0.15) is 22.9 Å². The van der Waals surface area contributed by atoms with Crippen LogP contribution in [0, 0.1) is 0 Å². The maximum atomic E-state index is 12.3. The van der Waals surface area contributed by atoms with E-state index in [0.29, 0.717) is 18.0 Å². The zero-order valence-corrected chi connectivity index (χ0v) is 16.4. The third kappa shape index (κ3) is 5.76. The van der Waals surface area contributed by atoms with Crippen molar-refractivity contribution in [3.05, 3.63) is 71.5 Å². The molecule has 30 heavy (non-hydrogen) atoms. The summed E-state index contributed by atoms with van der Waals surface area (Å²) in [6.45, 7) is 2.27. The lowest BCUT2D eigenvalue weighted by Gasteiger charge is -2.11. The Morgan fingerprint density at radius 3 is 2.40 bits per heavy atom. The van der Waals surface area contributed by atoms with Crippen molar-refractivity contribution in [3.8, 4) is 17.2 Å². The Kier molecular flexibility index (Phi) is 6.29. The van der Waals surface area contributed by atoms with Gasteiger partial charge in [0, 0.05) is 19.7 Å². The van der Waals surface area contributed by atoms with Crippen LogP contribution in [0.3, 0.4) is 0 Å². The van der Waals surface area contributed by atoms with Crippen LogP contribution in [0.1, 0.15) is 28.7 Å². The Hall–Kier alpha value is -3.49. The van der Waals surface area contributed by atoms with E-state index in [1.807, 2.05) is 6.92 Å². The number of amides is 1. The summed E-state index contributed by atoms with van der Waals surface area (Å²) in [4.78, 5) is 12.3. The smallest absolute Gasteiger partial charge is 0.457 e. The number of halogens is 3. The second-order valence-electron chi connectivity index (χ2n) is 6.45. The van der Waals surface area contributed by atoms with Gasteiger partial charge in [-0.15, -0.1) is 13.2 Å². The van der Waals surface area contributed by atoms with E-state index in [-0.39, 0.29) is 17.4 Å². The molecule has 6 nitrogen and oxygen atoms in total. The molecule has 0 bridgehead atoms. The van der Waals surface area contributed by atoms with Crippen LogP contribution in [-0.4, -0.2) is 22.1 Å². The average Bonchev–Trinajstić information content (AvgIpc) is 3.07. The van der Waals surface area contributed by atoms with E-state index in [0.717, 1.165) is 23.7 Å². The molecule has 0 fully saturated rings. The first-order valence-corrected chi connectivity index (χ1v) is 9.17. The van der Waals surface area contributed by atoms with Crippen molar-refractivity contribution < 1.29 is 27.4 Å². The van der Waals surface area contributed by atoms with Gasteiger partial charge < -0.3 is 14.8 Å². The van der Waals surface area contributed by atoms with Crippen molar-refractivity contribution in [2.45, 2.75) is 26.3 Å². The molecule has 0 saturated carbocycles. The minimum absolute atomic E-state index is 0.209. The van der Waals surface area contributed by atoms with E-state index in [2.05, 4.69) is 15.2 Å². The van der Waals surface area contributed by atoms with E-state index in [1.54, 1.807) is 42.1 Å². The summed E-state index contributed by atoms with van der Waals surface area (Å²) in [5.41, 5.74) is 2.16. The predicted molar refractivity (Wildman–Crippen MR) is 103 cm³/mol. The lowest BCUT2D eigenvalue weighted by molar-refractivity contribution is -0.274. The van der Waals surface area contributed by atoms with Gasteiger partial charge in [0.05, 0.1) is 5.69 Å². The van der Waals surface area contributed by atoms with E-state index in [9.17, 15) is 18.0 Å². The fourth-order valence-electron chi connectivity index (χ4n) is 2.73. The van der Waals surface area contributed by atoms with Crippen molar-refractivity contribution >= 4 is 5.91 Å². The summed E-state index contributed by atoms with van der Waals surface area (Å²) in [6.07, 6.45) is -4.02. The highest BCUT2D eigenvalue weighted by Gasteiger charge is 2.31. The third-order valence-electron chi connectivity index (χ3n) is 4.18. The fraction of sp³-hybridized carbons (Fsp3) is 0.238. The third-order valence-corrected chi connectivity index (χ3v) is 4.18. The SMILES string of the molecule is CCc1cc(C(=O)NCc2ccc(Oc3cccc(OC(F)(F)F)c3)cc2)n(C)n1. The first-order valence-electron chi connectivity index (χ1n) is 9.17. The molecular formula is C21H20F3N3O3. The minimum atomic E-state index is -4.77. The quantitative estimate of drug-likeness (QED) is 0.608. The molecule has 3 rings (SSSR count). The summed E-state index contributed by atoms with van der Waals surface area (Å²) in [5.74, 6) is 0.0569. The molecule has 0 aliphatic heterocycles. The number of rotatable bonds is 7. The maximum absolute atomic E-state index is 12.3. The Labute approximate surface area is 171 Å². The number of benzene rings is 2. The van der Waals surface area contributed by atoms with Crippen LogP contribution in [0.25, 0.3) is 0 Å². The second-order valence-corrected chi connectivity index (χ2v) is 6.45. The molecule has 0 aliphatic carbocycles.